The Morgan fingerprint density at radius 1 is 1.36 bits per heavy atom. The molecular weight excluding hydrogens is 144 g/mol. The Labute approximate surface area is 67.4 Å². The summed E-state index contributed by atoms with van der Waals surface area (Å²) in [6, 6.07) is 0. The third-order valence-electron chi connectivity index (χ3n) is 1.95. The third-order valence-corrected chi connectivity index (χ3v) is 1.95. The summed E-state index contributed by atoms with van der Waals surface area (Å²) >= 11 is 0. The molecule has 0 aromatic rings. The second-order valence-electron chi connectivity index (χ2n) is 2.44. The Hall–Kier alpha value is -0.570. The molecule has 0 aliphatic heterocycles. The fraction of sp³-hybridized carbons (Fsp3) is 0.875. The molecular formula is C8H16O3. The summed E-state index contributed by atoms with van der Waals surface area (Å²) in [5.41, 5.74) is -0.950. The van der Waals surface area contributed by atoms with Crippen molar-refractivity contribution in [3.8, 4) is 0 Å². The van der Waals surface area contributed by atoms with Crippen LogP contribution >= 0.6 is 0 Å². The number of hydrogen-bond donors (Lipinski definition) is 1. The van der Waals surface area contributed by atoms with Crippen molar-refractivity contribution in [2.75, 3.05) is 6.61 Å². The number of carboxylic acid groups (broad SMARTS) is 1. The highest BCUT2D eigenvalue weighted by molar-refractivity contribution is 5.77. The number of rotatable bonds is 5. The van der Waals surface area contributed by atoms with E-state index < -0.39 is 11.6 Å². The molecule has 11 heavy (non-hydrogen) atoms. The number of hydrogen-bond acceptors (Lipinski definition) is 2. The zero-order valence-electron chi connectivity index (χ0n) is 7.39. The van der Waals surface area contributed by atoms with Crippen molar-refractivity contribution in [3.05, 3.63) is 0 Å². The molecule has 0 aromatic heterocycles. The van der Waals surface area contributed by atoms with Gasteiger partial charge in [-0.1, -0.05) is 13.8 Å². The molecule has 0 amide bonds. The summed E-state index contributed by atoms with van der Waals surface area (Å²) in [6.45, 7) is 5.91. The van der Waals surface area contributed by atoms with Gasteiger partial charge in [0.1, 0.15) is 0 Å². The summed E-state index contributed by atoms with van der Waals surface area (Å²) in [4.78, 5) is 10.7. The molecule has 3 heteroatoms. The number of carbonyl (C=O) groups is 1. The quantitative estimate of drug-likeness (QED) is 0.665. The van der Waals surface area contributed by atoms with Crippen molar-refractivity contribution in [3.63, 3.8) is 0 Å². The predicted octanol–water partition coefficient (Wildman–Crippen LogP) is 1.67. The Balaban J connectivity index is 4.32. The molecule has 0 spiro atoms. The lowest BCUT2D eigenvalue weighted by Gasteiger charge is -2.26. The largest absolute Gasteiger partial charge is 0.479 e. The zero-order valence-corrected chi connectivity index (χ0v) is 7.39. The molecule has 3 nitrogen and oxygen atoms in total. The molecule has 0 radical (unpaired) electrons. The van der Waals surface area contributed by atoms with E-state index >= 15 is 0 Å². The molecule has 0 aromatic carbocycles. The monoisotopic (exact) mass is 160 g/mol. The van der Waals surface area contributed by atoms with E-state index in [2.05, 4.69) is 0 Å². The van der Waals surface area contributed by atoms with Crippen molar-refractivity contribution in [2.45, 2.75) is 39.2 Å². The molecule has 0 heterocycles. The van der Waals surface area contributed by atoms with Gasteiger partial charge in [-0.3, -0.25) is 0 Å². The van der Waals surface area contributed by atoms with Gasteiger partial charge in [-0.25, -0.2) is 4.79 Å². The van der Waals surface area contributed by atoms with Crippen LogP contribution < -0.4 is 0 Å². The first-order valence-corrected chi connectivity index (χ1v) is 4.00. The van der Waals surface area contributed by atoms with Gasteiger partial charge in [-0.2, -0.15) is 0 Å². The van der Waals surface area contributed by atoms with Crippen LogP contribution in [0.3, 0.4) is 0 Å². The van der Waals surface area contributed by atoms with Crippen molar-refractivity contribution < 1.29 is 14.6 Å². The fourth-order valence-electron chi connectivity index (χ4n) is 1.09. The van der Waals surface area contributed by atoms with Crippen LogP contribution in [0, 0.1) is 0 Å². The van der Waals surface area contributed by atoms with Gasteiger partial charge in [0.2, 0.25) is 0 Å². The van der Waals surface area contributed by atoms with E-state index in [-0.39, 0.29) is 0 Å². The minimum Gasteiger partial charge on any atom is -0.479 e. The molecule has 1 N–H and O–H groups in total. The van der Waals surface area contributed by atoms with Crippen LogP contribution in [0.1, 0.15) is 33.6 Å². The molecule has 0 saturated carbocycles. The first-order chi connectivity index (χ1) is 5.13. The van der Waals surface area contributed by atoms with Crippen LogP contribution in [0.2, 0.25) is 0 Å². The molecule has 0 bridgehead atoms. The van der Waals surface area contributed by atoms with Crippen LogP contribution in [0.15, 0.2) is 0 Å². The van der Waals surface area contributed by atoms with Crippen molar-refractivity contribution in [1.82, 2.24) is 0 Å². The summed E-state index contributed by atoms with van der Waals surface area (Å²) in [7, 11) is 0. The molecule has 0 atom stereocenters. The summed E-state index contributed by atoms with van der Waals surface area (Å²) in [5, 5.41) is 8.83. The van der Waals surface area contributed by atoms with E-state index in [0.29, 0.717) is 19.4 Å². The van der Waals surface area contributed by atoms with Gasteiger partial charge in [0.25, 0.3) is 0 Å². The molecule has 0 aliphatic rings. The minimum absolute atomic E-state index is 0.452. The van der Waals surface area contributed by atoms with E-state index in [0.717, 1.165) is 0 Å². The average Bonchev–Trinajstić information content (AvgIpc) is 2.00. The maximum absolute atomic E-state index is 10.7. The third kappa shape index (κ3) is 2.19. The topological polar surface area (TPSA) is 46.5 Å². The Kier molecular flexibility index (Phi) is 4.11. The minimum atomic E-state index is -0.950. The van der Waals surface area contributed by atoms with Gasteiger partial charge in [-0.15, -0.1) is 0 Å². The molecule has 0 unspecified atom stereocenters. The van der Waals surface area contributed by atoms with Crippen LogP contribution in [0.25, 0.3) is 0 Å². The smallest absolute Gasteiger partial charge is 0.335 e. The van der Waals surface area contributed by atoms with Crippen LogP contribution in [0.5, 0.6) is 0 Å². The lowest BCUT2D eigenvalue weighted by Crippen LogP contribution is -2.40. The summed E-state index contributed by atoms with van der Waals surface area (Å²) in [6.07, 6.45) is 1.04. The van der Waals surface area contributed by atoms with Gasteiger partial charge in [0.15, 0.2) is 5.60 Å². The van der Waals surface area contributed by atoms with Crippen LogP contribution in [0.4, 0.5) is 0 Å². The maximum Gasteiger partial charge on any atom is 0.335 e. The van der Waals surface area contributed by atoms with Gasteiger partial charge in [-0.05, 0) is 19.8 Å². The van der Waals surface area contributed by atoms with E-state index in [1.54, 1.807) is 0 Å². The molecule has 0 saturated heterocycles. The molecule has 0 fully saturated rings. The molecule has 66 valence electrons. The first kappa shape index (κ1) is 10.4. The molecule has 0 aliphatic carbocycles. The summed E-state index contributed by atoms with van der Waals surface area (Å²) < 4.78 is 5.19. The van der Waals surface area contributed by atoms with Gasteiger partial charge < -0.3 is 9.84 Å². The highest BCUT2D eigenvalue weighted by atomic mass is 16.5. The summed E-state index contributed by atoms with van der Waals surface area (Å²) in [5.74, 6) is -0.857. The fourth-order valence-corrected chi connectivity index (χ4v) is 1.09. The van der Waals surface area contributed by atoms with E-state index in [1.807, 2.05) is 20.8 Å². The Morgan fingerprint density at radius 3 is 1.91 bits per heavy atom. The lowest BCUT2D eigenvalue weighted by atomic mass is 9.97. The van der Waals surface area contributed by atoms with E-state index in [9.17, 15) is 4.79 Å². The predicted molar refractivity (Wildman–Crippen MR) is 42.6 cm³/mol. The SMILES string of the molecule is CCOC(CC)(CC)C(=O)O. The number of carboxylic acids is 1. The van der Waals surface area contributed by atoms with Gasteiger partial charge in [0, 0.05) is 6.61 Å². The van der Waals surface area contributed by atoms with Crippen molar-refractivity contribution in [2.24, 2.45) is 0 Å². The van der Waals surface area contributed by atoms with Crippen LogP contribution in [-0.2, 0) is 9.53 Å². The second kappa shape index (κ2) is 4.34. The van der Waals surface area contributed by atoms with Gasteiger partial charge >= 0.3 is 5.97 Å². The normalized spacial score (nSPS) is 11.5. The van der Waals surface area contributed by atoms with Crippen molar-refractivity contribution >= 4 is 5.97 Å². The van der Waals surface area contributed by atoms with Gasteiger partial charge in [0.05, 0.1) is 0 Å². The van der Waals surface area contributed by atoms with Crippen molar-refractivity contribution in [1.29, 1.82) is 0 Å². The standard InChI is InChI=1S/C8H16O3/c1-4-8(5-2,7(9)10)11-6-3/h4-6H2,1-3H3,(H,9,10). The highest BCUT2D eigenvalue weighted by Crippen LogP contribution is 2.20. The number of aliphatic carboxylic acids is 1. The second-order valence-corrected chi connectivity index (χ2v) is 2.44. The van der Waals surface area contributed by atoms with Crippen LogP contribution in [-0.4, -0.2) is 23.3 Å². The Morgan fingerprint density at radius 2 is 1.82 bits per heavy atom. The maximum atomic E-state index is 10.7. The Bertz CT molecular complexity index is 127. The van der Waals surface area contributed by atoms with E-state index in [4.69, 9.17) is 9.84 Å². The number of ether oxygens (including phenoxy) is 1. The highest BCUT2D eigenvalue weighted by Gasteiger charge is 2.35. The average molecular weight is 160 g/mol. The molecule has 0 rings (SSSR count). The van der Waals surface area contributed by atoms with E-state index in [1.165, 1.54) is 0 Å². The lowest BCUT2D eigenvalue weighted by molar-refractivity contribution is -0.166. The zero-order chi connectivity index (χ0) is 8.91. The first-order valence-electron chi connectivity index (χ1n) is 4.00.